The van der Waals surface area contributed by atoms with Crippen LogP contribution in [0.3, 0.4) is 0 Å². The molecule has 0 heterocycles. The lowest BCUT2D eigenvalue weighted by Gasteiger charge is -2.27. The van der Waals surface area contributed by atoms with Crippen molar-refractivity contribution in [1.29, 1.82) is 0 Å². The summed E-state index contributed by atoms with van der Waals surface area (Å²) >= 11 is 0. The first-order valence-corrected chi connectivity index (χ1v) is 14.8. The van der Waals surface area contributed by atoms with Crippen LogP contribution in [0.2, 0.25) is 0 Å². The molecule has 0 aliphatic heterocycles. The predicted molar refractivity (Wildman–Crippen MR) is 152 cm³/mol. The van der Waals surface area contributed by atoms with Crippen molar-refractivity contribution in [3.8, 4) is 5.75 Å². The Hall–Kier alpha value is -3.48. The summed E-state index contributed by atoms with van der Waals surface area (Å²) in [6.45, 7) is 2.70. The normalized spacial score (nSPS) is 22.6. The van der Waals surface area contributed by atoms with E-state index in [-0.39, 0.29) is 47.3 Å². The van der Waals surface area contributed by atoms with Crippen LogP contribution in [0.4, 0.5) is 0 Å². The molecule has 0 spiro atoms. The first kappa shape index (κ1) is 29.5. The number of benzene rings is 2. The zero-order valence-electron chi connectivity index (χ0n) is 23.4. The summed E-state index contributed by atoms with van der Waals surface area (Å²) in [4.78, 5) is 49.8. The van der Waals surface area contributed by atoms with Crippen LogP contribution in [-0.2, 0) is 14.3 Å². The molecule has 4 rings (SSSR count). The van der Waals surface area contributed by atoms with Gasteiger partial charge in [0.05, 0.1) is 18.6 Å². The maximum Gasteiger partial charge on any atom is 0.308 e. The molecular weight excluding hydrogens is 506 g/mol. The number of rotatable bonds is 12. The van der Waals surface area contributed by atoms with Gasteiger partial charge in [0.1, 0.15) is 5.75 Å². The Morgan fingerprint density at radius 3 is 2.02 bits per heavy atom. The zero-order valence-corrected chi connectivity index (χ0v) is 23.4. The minimum Gasteiger partial charge on any atom is -0.490 e. The number of Topliss-reactive ketones (excluding diaryl/α,β-unsaturated/α-hetero) is 2. The van der Waals surface area contributed by atoms with E-state index in [4.69, 9.17) is 9.47 Å². The van der Waals surface area contributed by atoms with Crippen molar-refractivity contribution in [2.45, 2.75) is 77.2 Å². The summed E-state index contributed by atoms with van der Waals surface area (Å²) in [6, 6.07) is 16.6. The third-order valence-corrected chi connectivity index (χ3v) is 8.18. The molecule has 0 saturated heterocycles. The summed E-state index contributed by atoms with van der Waals surface area (Å²) in [7, 11) is 0. The van der Waals surface area contributed by atoms with Gasteiger partial charge in [-0.15, -0.1) is 0 Å². The molecule has 1 amide bonds. The fourth-order valence-corrected chi connectivity index (χ4v) is 5.79. The Morgan fingerprint density at radius 2 is 1.38 bits per heavy atom. The Bertz CT molecular complexity index is 1130. The number of hydrogen-bond acceptors (Lipinski definition) is 6. The van der Waals surface area contributed by atoms with Crippen LogP contribution >= 0.6 is 0 Å². The van der Waals surface area contributed by atoms with Gasteiger partial charge in [-0.3, -0.25) is 19.2 Å². The van der Waals surface area contributed by atoms with E-state index in [0.29, 0.717) is 31.6 Å². The standard InChI is InChI=1S/C33H41NO6/c1-2-39-33(38)27-16-20-29(21-17-27)40-28-18-14-23(15-19-28)30(35)9-6-22-34-32(37)26-12-10-25(11-13-26)31(36)24-7-4-3-5-8-24/h3-5,7-8,14-15,18-19,25-27,29H,2,6,9-13,16-17,20-22H2,1H3,(H,34,37). The topological polar surface area (TPSA) is 98.8 Å². The van der Waals surface area contributed by atoms with E-state index in [1.165, 1.54) is 0 Å². The second kappa shape index (κ2) is 14.8. The molecule has 0 aromatic heterocycles. The van der Waals surface area contributed by atoms with Gasteiger partial charge in [-0.1, -0.05) is 30.3 Å². The Morgan fingerprint density at radius 1 is 0.750 bits per heavy atom. The van der Waals surface area contributed by atoms with Gasteiger partial charge < -0.3 is 14.8 Å². The minimum absolute atomic E-state index is 0.00722. The highest BCUT2D eigenvalue weighted by molar-refractivity contribution is 5.98. The smallest absolute Gasteiger partial charge is 0.308 e. The van der Waals surface area contributed by atoms with Gasteiger partial charge in [0, 0.05) is 35.9 Å². The van der Waals surface area contributed by atoms with Crippen LogP contribution in [0, 0.1) is 17.8 Å². The molecular formula is C33H41NO6. The Labute approximate surface area is 237 Å². The summed E-state index contributed by atoms with van der Waals surface area (Å²) in [5.41, 5.74) is 1.38. The molecule has 2 aliphatic rings. The molecule has 40 heavy (non-hydrogen) atoms. The molecule has 0 bridgehead atoms. The molecule has 2 aliphatic carbocycles. The van der Waals surface area contributed by atoms with Crippen LogP contribution in [-0.4, -0.2) is 42.7 Å². The van der Waals surface area contributed by atoms with Crippen LogP contribution < -0.4 is 10.1 Å². The van der Waals surface area contributed by atoms with Crippen molar-refractivity contribution < 1.29 is 28.7 Å². The molecule has 7 heteroatoms. The summed E-state index contributed by atoms with van der Waals surface area (Å²) in [6.07, 6.45) is 7.06. The van der Waals surface area contributed by atoms with Crippen LogP contribution in [0.25, 0.3) is 0 Å². The number of hydrogen-bond donors (Lipinski definition) is 1. The van der Waals surface area contributed by atoms with E-state index in [0.717, 1.165) is 62.7 Å². The number of ketones is 2. The monoisotopic (exact) mass is 547 g/mol. The second-order valence-electron chi connectivity index (χ2n) is 11.0. The average Bonchev–Trinajstić information content (AvgIpc) is 3.00. The summed E-state index contributed by atoms with van der Waals surface area (Å²) < 4.78 is 11.2. The molecule has 7 nitrogen and oxygen atoms in total. The largest absolute Gasteiger partial charge is 0.490 e. The lowest BCUT2D eigenvalue weighted by Crippen LogP contribution is -2.35. The molecule has 2 aromatic rings. The van der Waals surface area contributed by atoms with Crippen molar-refractivity contribution in [1.82, 2.24) is 5.32 Å². The van der Waals surface area contributed by atoms with Crippen molar-refractivity contribution >= 4 is 23.4 Å². The minimum atomic E-state index is -0.109. The Kier molecular flexibility index (Phi) is 10.9. The van der Waals surface area contributed by atoms with Gasteiger partial charge in [-0.05, 0) is 89.0 Å². The van der Waals surface area contributed by atoms with Gasteiger partial charge in [-0.2, -0.15) is 0 Å². The fourth-order valence-electron chi connectivity index (χ4n) is 5.79. The highest BCUT2D eigenvalue weighted by Gasteiger charge is 2.30. The lowest BCUT2D eigenvalue weighted by atomic mass is 9.78. The molecule has 0 unspecified atom stereocenters. The maximum atomic E-state index is 12.7. The van der Waals surface area contributed by atoms with E-state index in [1.54, 1.807) is 12.1 Å². The number of carbonyl (C=O) groups excluding carboxylic acids is 4. The average molecular weight is 548 g/mol. The number of nitrogens with one attached hydrogen (secondary N) is 1. The quantitative estimate of drug-likeness (QED) is 0.200. The van der Waals surface area contributed by atoms with E-state index in [2.05, 4.69) is 5.32 Å². The molecule has 0 radical (unpaired) electrons. The number of amides is 1. The van der Waals surface area contributed by atoms with Crippen molar-refractivity contribution in [3.05, 3.63) is 65.7 Å². The SMILES string of the molecule is CCOC(=O)C1CCC(Oc2ccc(C(=O)CCCNC(=O)C3CCC(C(=O)c4ccccc4)CC3)cc2)CC1. The van der Waals surface area contributed by atoms with E-state index in [9.17, 15) is 19.2 Å². The number of esters is 1. The molecule has 2 fully saturated rings. The number of carbonyl (C=O) groups is 4. The van der Waals surface area contributed by atoms with Crippen LogP contribution in [0.5, 0.6) is 5.75 Å². The van der Waals surface area contributed by atoms with Crippen LogP contribution in [0.15, 0.2) is 54.6 Å². The van der Waals surface area contributed by atoms with Crippen molar-refractivity contribution in [3.63, 3.8) is 0 Å². The zero-order chi connectivity index (χ0) is 28.3. The fraction of sp³-hybridized carbons (Fsp3) is 0.515. The molecule has 0 atom stereocenters. The highest BCUT2D eigenvalue weighted by Crippen LogP contribution is 2.31. The van der Waals surface area contributed by atoms with E-state index in [1.807, 2.05) is 49.4 Å². The first-order chi connectivity index (χ1) is 19.4. The van der Waals surface area contributed by atoms with Gasteiger partial charge in [0.15, 0.2) is 11.6 Å². The maximum absolute atomic E-state index is 12.7. The summed E-state index contributed by atoms with van der Waals surface area (Å²) in [5.74, 6) is 0.749. The second-order valence-corrected chi connectivity index (χ2v) is 11.0. The van der Waals surface area contributed by atoms with Crippen molar-refractivity contribution in [2.24, 2.45) is 17.8 Å². The molecule has 2 saturated carbocycles. The molecule has 2 aromatic carbocycles. The third kappa shape index (κ3) is 8.26. The van der Waals surface area contributed by atoms with Gasteiger partial charge in [0.25, 0.3) is 0 Å². The van der Waals surface area contributed by atoms with Gasteiger partial charge >= 0.3 is 5.97 Å². The Balaban J connectivity index is 1.11. The van der Waals surface area contributed by atoms with E-state index < -0.39 is 0 Å². The van der Waals surface area contributed by atoms with Gasteiger partial charge in [0.2, 0.25) is 5.91 Å². The number of ether oxygens (including phenoxy) is 2. The predicted octanol–water partition coefficient (Wildman–Crippen LogP) is 5.96. The first-order valence-electron chi connectivity index (χ1n) is 14.8. The van der Waals surface area contributed by atoms with E-state index >= 15 is 0 Å². The molecule has 1 N–H and O–H groups in total. The highest BCUT2D eigenvalue weighted by atomic mass is 16.5. The third-order valence-electron chi connectivity index (χ3n) is 8.18. The lowest BCUT2D eigenvalue weighted by molar-refractivity contribution is -0.149. The van der Waals surface area contributed by atoms with Crippen molar-refractivity contribution in [2.75, 3.05) is 13.2 Å². The molecule has 214 valence electrons. The summed E-state index contributed by atoms with van der Waals surface area (Å²) in [5, 5.41) is 2.98. The van der Waals surface area contributed by atoms with Crippen LogP contribution in [0.1, 0.15) is 91.8 Å². The van der Waals surface area contributed by atoms with Gasteiger partial charge in [-0.25, -0.2) is 0 Å².